The maximum Gasteiger partial charge on any atom is 0.410 e. The van der Waals surface area contributed by atoms with Crippen molar-refractivity contribution in [3.8, 4) is 5.75 Å². The Bertz CT molecular complexity index is 1290. The molecule has 1 aliphatic heterocycles. The van der Waals surface area contributed by atoms with E-state index < -0.39 is 17.1 Å². The summed E-state index contributed by atoms with van der Waals surface area (Å²) in [4.78, 5) is 32.5. The van der Waals surface area contributed by atoms with Crippen molar-refractivity contribution >= 4 is 34.4 Å². The van der Waals surface area contributed by atoms with Gasteiger partial charge in [0.1, 0.15) is 22.3 Å². The molecule has 1 atom stereocenters. The first-order chi connectivity index (χ1) is 16.7. The van der Waals surface area contributed by atoms with Crippen LogP contribution in [-0.4, -0.2) is 45.6 Å². The van der Waals surface area contributed by atoms with Crippen LogP contribution >= 0.6 is 11.6 Å². The largest absolute Gasteiger partial charge is 0.508 e. The van der Waals surface area contributed by atoms with Crippen molar-refractivity contribution in [2.75, 3.05) is 13.2 Å². The number of nitrogens with zero attached hydrogens (tertiary/aromatic N) is 2. The first-order valence-electron chi connectivity index (χ1n) is 12.1. The van der Waals surface area contributed by atoms with Gasteiger partial charge in [-0.05, 0) is 63.6 Å². The SMILES string of the molecule is Cc1cc(Cl)nc2cc3c(cc12)OCCC3N(CC(C)(C)C1=CC(O)=CCC1=O)C(=O)OC(C)(C)C. The molecule has 1 aliphatic carbocycles. The van der Waals surface area contributed by atoms with E-state index in [1.165, 1.54) is 12.2 Å². The highest BCUT2D eigenvalue weighted by atomic mass is 35.5. The van der Waals surface area contributed by atoms with E-state index in [4.69, 9.17) is 21.1 Å². The summed E-state index contributed by atoms with van der Waals surface area (Å²) in [5, 5.41) is 11.4. The Labute approximate surface area is 216 Å². The molecule has 0 radical (unpaired) electrons. The predicted molar refractivity (Wildman–Crippen MR) is 139 cm³/mol. The predicted octanol–water partition coefficient (Wildman–Crippen LogP) is 6.62. The number of pyridine rings is 1. The van der Waals surface area contributed by atoms with Gasteiger partial charge in [-0.25, -0.2) is 9.78 Å². The van der Waals surface area contributed by atoms with Crippen molar-refractivity contribution in [2.24, 2.45) is 5.41 Å². The summed E-state index contributed by atoms with van der Waals surface area (Å²) in [6, 6.07) is 5.32. The molecule has 1 amide bonds. The Morgan fingerprint density at radius 3 is 2.67 bits per heavy atom. The number of benzene rings is 1. The molecule has 2 aliphatic rings. The quantitative estimate of drug-likeness (QED) is 0.463. The molecule has 0 saturated heterocycles. The molecule has 192 valence electrons. The van der Waals surface area contributed by atoms with Crippen LogP contribution in [0.1, 0.15) is 64.6 Å². The van der Waals surface area contributed by atoms with E-state index in [0.29, 0.717) is 29.5 Å². The maximum atomic E-state index is 13.6. The van der Waals surface area contributed by atoms with Crippen LogP contribution in [0.25, 0.3) is 10.9 Å². The van der Waals surface area contributed by atoms with Crippen molar-refractivity contribution in [3.63, 3.8) is 0 Å². The second-order valence-electron chi connectivity index (χ2n) is 11.1. The van der Waals surface area contributed by atoms with E-state index in [2.05, 4.69) is 4.98 Å². The summed E-state index contributed by atoms with van der Waals surface area (Å²) in [6.07, 6.45) is 3.19. The monoisotopic (exact) mass is 512 g/mol. The number of allylic oxidation sites excluding steroid dienone is 2. The van der Waals surface area contributed by atoms with Crippen LogP contribution < -0.4 is 4.74 Å². The number of fused-ring (bicyclic) bond motifs is 2. The van der Waals surface area contributed by atoms with Crippen molar-refractivity contribution in [3.05, 3.63) is 58.0 Å². The molecule has 2 heterocycles. The molecule has 1 unspecified atom stereocenters. The number of ether oxygens (including phenoxy) is 2. The zero-order valence-corrected chi connectivity index (χ0v) is 22.4. The lowest BCUT2D eigenvalue weighted by molar-refractivity contribution is -0.116. The lowest BCUT2D eigenvalue weighted by atomic mass is 9.78. The van der Waals surface area contributed by atoms with Crippen molar-refractivity contribution in [1.29, 1.82) is 0 Å². The molecule has 4 rings (SSSR count). The van der Waals surface area contributed by atoms with Crippen LogP contribution in [0.4, 0.5) is 4.79 Å². The smallest absolute Gasteiger partial charge is 0.410 e. The molecule has 1 aromatic heterocycles. The third-order valence-electron chi connectivity index (χ3n) is 6.51. The summed E-state index contributed by atoms with van der Waals surface area (Å²) in [7, 11) is 0. The second kappa shape index (κ2) is 9.43. The van der Waals surface area contributed by atoms with Crippen molar-refractivity contribution in [2.45, 2.75) is 66.0 Å². The lowest BCUT2D eigenvalue weighted by Crippen LogP contribution is -2.46. The third-order valence-corrected chi connectivity index (χ3v) is 6.71. The molecule has 8 heteroatoms. The van der Waals surface area contributed by atoms with Gasteiger partial charge in [0, 0.05) is 41.3 Å². The molecular weight excluding hydrogens is 480 g/mol. The minimum Gasteiger partial charge on any atom is -0.508 e. The van der Waals surface area contributed by atoms with Gasteiger partial charge in [-0.3, -0.25) is 4.79 Å². The number of rotatable bonds is 4. The highest BCUT2D eigenvalue weighted by Crippen LogP contribution is 2.42. The third kappa shape index (κ3) is 5.36. The Balaban J connectivity index is 1.79. The molecule has 1 aromatic carbocycles. The number of ketones is 1. The minimum absolute atomic E-state index is 0.0581. The normalized spacial score (nSPS) is 18.2. The maximum absolute atomic E-state index is 13.6. The molecule has 1 N–H and O–H groups in total. The fourth-order valence-corrected chi connectivity index (χ4v) is 5.10. The lowest BCUT2D eigenvalue weighted by Gasteiger charge is -2.41. The molecule has 0 saturated carbocycles. The molecule has 36 heavy (non-hydrogen) atoms. The summed E-state index contributed by atoms with van der Waals surface area (Å²) < 4.78 is 11.8. The van der Waals surface area contributed by atoms with Crippen molar-refractivity contribution in [1.82, 2.24) is 9.88 Å². The summed E-state index contributed by atoms with van der Waals surface area (Å²) in [5.74, 6) is 0.670. The number of halogens is 1. The fourth-order valence-electron chi connectivity index (χ4n) is 4.84. The van der Waals surface area contributed by atoms with Crippen LogP contribution in [0.15, 0.2) is 41.7 Å². The molecular formula is C28H33ClN2O5. The van der Waals surface area contributed by atoms with E-state index in [1.54, 1.807) is 4.90 Å². The van der Waals surface area contributed by atoms with Gasteiger partial charge in [-0.1, -0.05) is 25.4 Å². The Hall–Kier alpha value is -3.06. The van der Waals surface area contributed by atoms with Gasteiger partial charge < -0.3 is 19.5 Å². The summed E-state index contributed by atoms with van der Waals surface area (Å²) in [5.41, 5.74) is 1.55. The number of hydrogen-bond acceptors (Lipinski definition) is 6. The Morgan fingerprint density at radius 1 is 1.25 bits per heavy atom. The number of Topliss-reactive ketones (excluding diaryl/α,β-unsaturated/α-hetero) is 1. The van der Waals surface area contributed by atoms with Gasteiger partial charge in [0.15, 0.2) is 5.78 Å². The second-order valence-corrected chi connectivity index (χ2v) is 11.5. The van der Waals surface area contributed by atoms with Crippen LogP contribution in [0, 0.1) is 12.3 Å². The average molecular weight is 513 g/mol. The highest BCUT2D eigenvalue weighted by Gasteiger charge is 2.40. The average Bonchev–Trinajstić information content (AvgIpc) is 2.76. The zero-order chi connectivity index (χ0) is 26.4. The standard InChI is InChI=1S/C28H33ClN2O5/c1-16-11-25(29)30-21-13-19-22(9-10-35-24(19)14-18(16)21)31(26(34)36-27(2,3)4)15-28(5,6)20-12-17(32)7-8-23(20)33/h7,11-14,22,32H,8-10,15H2,1-6H3. The van der Waals surface area contributed by atoms with E-state index in [1.807, 2.05) is 59.7 Å². The number of aromatic nitrogens is 1. The van der Waals surface area contributed by atoms with Gasteiger partial charge in [-0.15, -0.1) is 0 Å². The topological polar surface area (TPSA) is 89.0 Å². The molecule has 0 fully saturated rings. The highest BCUT2D eigenvalue weighted by molar-refractivity contribution is 6.30. The Morgan fingerprint density at radius 2 is 1.97 bits per heavy atom. The summed E-state index contributed by atoms with van der Waals surface area (Å²) in [6.45, 7) is 11.9. The number of aryl methyl sites for hydroxylation is 1. The van der Waals surface area contributed by atoms with Crippen LogP contribution in [0.3, 0.4) is 0 Å². The van der Waals surface area contributed by atoms with E-state index in [-0.39, 0.29) is 30.5 Å². The summed E-state index contributed by atoms with van der Waals surface area (Å²) >= 11 is 6.24. The number of carbonyl (C=O) groups excluding carboxylic acids is 2. The molecule has 0 bridgehead atoms. The Kier molecular flexibility index (Phi) is 6.82. The zero-order valence-electron chi connectivity index (χ0n) is 21.6. The van der Waals surface area contributed by atoms with Crippen LogP contribution in [0.2, 0.25) is 5.15 Å². The molecule has 7 nitrogen and oxygen atoms in total. The van der Waals surface area contributed by atoms with Crippen LogP contribution in [0.5, 0.6) is 5.75 Å². The fraction of sp³-hybridized carbons (Fsp3) is 0.464. The number of carbonyl (C=O) groups is 2. The van der Waals surface area contributed by atoms with Gasteiger partial charge in [0.2, 0.25) is 0 Å². The number of aliphatic hydroxyl groups is 1. The molecule has 2 aromatic rings. The van der Waals surface area contributed by atoms with Crippen molar-refractivity contribution < 1.29 is 24.2 Å². The van der Waals surface area contributed by atoms with Gasteiger partial charge >= 0.3 is 6.09 Å². The van der Waals surface area contributed by atoms with Gasteiger partial charge in [0.05, 0.1) is 18.2 Å². The van der Waals surface area contributed by atoms with E-state index >= 15 is 0 Å². The molecule has 0 spiro atoms. The van der Waals surface area contributed by atoms with Gasteiger partial charge in [-0.2, -0.15) is 0 Å². The number of amides is 1. The van der Waals surface area contributed by atoms with E-state index in [0.717, 1.165) is 22.0 Å². The van der Waals surface area contributed by atoms with E-state index in [9.17, 15) is 14.7 Å². The number of aliphatic hydroxyl groups excluding tert-OH is 1. The number of hydrogen-bond donors (Lipinski definition) is 1. The van der Waals surface area contributed by atoms with Gasteiger partial charge in [0.25, 0.3) is 0 Å². The minimum atomic E-state index is -0.746. The van der Waals surface area contributed by atoms with Crippen LogP contribution in [-0.2, 0) is 9.53 Å². The first kappa shape index (κ1) is 26.0. The first-order valence-corrected chi connectivity index (χ1v) is 12.5.